The van der Waals surface area contributed by atoms with Crippen molar-refractivity contribution in [3.8, 4) is 0 Å². The second-order valence-electron chi connectivity index (χ2n) is 5.40. The van der Waals surface area contributed by atoms with Crippen LogP contribution in [0.2, 0.25) is 0 Å². The minimum absolute atomic E-state index is 0.200. The molecule has 0 radical (unpaired) electrons. The molecular formula is C16H18F2N4. The van der Waals surface area contributed by atoms with Crippen LogP contribution in [0.3, 0.4) is 0 Å². The summed E-state index contributed by atoms with van der Waals surface area (Å²) in [6, 6.07) is 8.02. The van der Waals surface area contributed by atoms with Crippen LogP contribution in [0.4, 0.5) is 14.6 Å². The number of hydrogen-bond donors (Lipinski definition) is 0. The van der Waals surface area contributed by atoms with Gasteiger partial charge in [0.15, 0.2) is 0 Å². The zero-order valence-electron chi connectivity index (χ0n) is 12.3. The summed E-state index contributed by atoms with van der Waals surface area (Å²) in [6.45, 7) is 4.40. The van der Waals surface area contributed by atoms with Crippen LogP contribution in [-0.4, -0.2) is 47.6 Å². The average molecular weight is 304 g/mol. The van der Waals surface area contributed by atoms with Crippen molar-refractivity contribution in [1.29, 1.82) is 0 Å². The molecule has 1 aliphatic heterocycles. The highest BCUT2D eigenvalue weighted by atomic mass is 19.1. The van der Waals surface area contributed by atoms with Crippen molar-refractivity contribution in [1.82, 2.24) is 14.9 Å². The second kappa shape index (κ2) is 6.79. The van der Waals surface area contributed by atoms with E-state index in [-0.39, 0.29) is 5.82 Å². The van der Waals surface area contributed by atoms with Crippen LogP contribution in [0.5, 0.6) is 0 Å². The van der Waals surface area contributed by atoms with Gasteiger partial charge in [-0.2, -0.15) is 4.39 Å². The minimum atomic E-state index is -0.497. The van der Waals surface area contributed by atoms with Gasteiger partial charge in [0.05, 0.1) is 0 Å². The third-order valence-electron chi connectivity index (χ3n) is 3.95. The number of rotatable bonds is 4. The van der Waals surface area contributed by atoms with Gasteiger partial charge in [0.1, 0.15) is 18.0 Å². The van der Waals surface area contributed by atoms with E-state index < -0.39 is 5.95 Å². The van der Waals surface area contributed by atoms with Gasteiger partial charge in [-0.25, -0.2) is 14.4 Å². The van der Waals surface area contributed by atoms with E-state index in [0.29, 0.717) is 5.82 Å². The zero-order chi connectivity index (χ0) is 15.4. The Balaban J connectivity index is 1.48. The lowest BCUT2D eigenvalue weighted by Gasteiger charge is -2.35. The molecule has 6 heteroatoms. The monoisotopic (exact) mass is 304 g/mol. The largest absolute Gasteiger partial charge is 0.354 e. The normalized spacial score (nSPS) is 16.0. The molecule has 0 amide bonds. The summed E-state index contributed by atoms with van der Waals surface area (Å²) in [5.41, 5.74) is 1.14. The molecule has 116 valence electrons. The smallest absolute Gasteiger partial charge is 0.218 e. The fourth-order valence-corrected chi connectivity index (χ4v) is 2.64. The number of aromatic nitrogens is 2. The summed E-state index contributed by atoms with van der Waals surface area (Å²) >= 11 is 0. The van der Waals surface area contributed by atoms with Crippen molar-refractivity contribution in [2.45, 2.75) is 6.42 Å². The van der Waals surface area contributed by atoms with Gasteiger partial charge in [-0.15, -0.1) is 0 Å². The van der Waals surface area contributed by atoms with Gasteiger partial charge in [0, 0.05) is 38.8 Å². The number of nitrogens with zero attached hydrogens (tertiary/aromatic N) is 4. The lowest BCUT2D eigenvalue weighted by atomic mass is 10.1. The number of halogens is 2. The molecule has 2 aromatic rings. The molecule has 1 aromatic carbocycles. The van der Waals surface area contributed by atoms with Crippen LogP contribution >= 0.6 is 0 Å². The molecule has 3 rings (SSSR count). The Bertz CT molecular complexity index is 610. The van der Waals surface area contributed by atoms with Crippen molar-refractivity contribution >= 4 is 5.82 Å². The molecule has 0 spiro atoms. The molecule has 1 fully saturated rings. The van der Waals surface area contributed by atoms with Crippen molar-refractivity contribution in [3.63, 3.8) is 0 Å². The van der Waals surface area contributed by atoms with Crippen molar-refractivity contribution < 1.29 is 8.78 Å². The quantitative estimate of drug-likeness (QED) is 0.810. The lowest BCUT2D eigenvalue weighted by Crippen LogP contribution is -2.47. The fourth-order valence-electron chi connectivity index (χ4n) is 2.64. The number of piperazine rings is 1. The Morgan fingerprint density at radius 3 is 2.36 bits per heavy atom. The van der Waals surface area contributed by atoms with Crippen molar-refractivity contribution in [2.24, 2.45) is 0 Å². The highest BCUT2D eigenvalue weighted by Crippen LogP contribution is 2.14. The van der Waals surface area contributed by atoms with Crippen LogP contribution in [-0.2, 0) is 6.42 Å². The van der Waals surface area contributed by atoms with Crippen LogP contribution in [0.25, 0.3) is 0 Å². The maximum atomic E-state index is 13.1. The Morgan fingerprint density at radius 1 is 0.955 bits per heavy atom. The topological polar surface area (TPSA) is 32.3 Å². The first-order valence-electron chi connectivity index (χ1n) is 7.40. The van der Waals surface area contributed by atoms with Gasteiger partial charge in [-0.05, 0) is 24.1 Å². The first-order valence-corrected chi connectivity index (χ1v) is 7.40. The highest BCUT2D eigenvalue weighted by molar-refractivity contribution is 5.37. The SMILES string of the molecule is Fc1ccc(CCN2CCN(c3cc(F)ncn3)CC2)cc1. The van der Waals surface area contributed by atoms with E-state index in [9.17, 15) is 8.78 Å². The molecule has 4 nitrogen and oxygen atoms in total. The summed E-state index contributed by atoms with van der Waals surface area (Å²) in [7, 11) is 0. The third kappa shape index (κ3) is 3.76. The van der Waals surface area contributed by atoms with E-state index in [1.165, 1.54) is 24.5 Å². The molecule has 1 saturated heterocycles. The Hall–Kier alpha value is -2.08. The molecule has 22 heavy (non-hydrogen) atoms. The molecule has 0 N–H and O–H groups in total. The molecule has 0 aliphatic carbocycles. The predicted octanol–water partition coefficient (Wildman–Crippen LogP) is 2.12. The second-order valence-corrected chi connectivity index (χ2v) is 5.40. The van der Waals surface area contributed by atoms with E-state index in [0.717, 1.165) is 44.7 Å². The summed E-state index contributed by atoms with van der Waals surface area (Å²) in [5, 5.41) is 0. The van der Waals surface area contributed by atoms with Gasteiger partial charge >= 0.3 is 0 Å². The van der Waals surface area contributed by atoms with Gasteiger partial charge < -0.3 is 4.90 Å². The van der Waals surface area contributed by atoms with Crippen molar-refractivity contribution in [3.05, 3.63) is 54.0 Å². The maximum Gasteiger partial charge on any atom is 0.218 e. The van der Waals surface area contributed by atoms with Crippen LogP contribution in [0.15, 0.2) is 36.7 Å². The molecule has 0 atom stereocenters. The fraction of sp³-hybridized carbons (Fsp3) is 0.375. The third-order valence-corrected chi connectivity index (χ3v) is 3.95. The van der Waals surface area contributed by atoms with Gasteiger partial charge in [0.25, 0.3) is 0 Å². The molecule has 0 saturated carbocycles. The molecule has 0 unspecified atom stereocenters. The summed E-state index contributed by atoms with van der Waals surface area (Å²) in [6.07, 6.45) is 2.16. The Labute approximate surface area is 128 Å². The minimum Gasteiger partial charge on any atom is -0.354 e. The highest BCUT2D eigenvalue weighted by Gasteiger charge is 2.18. The van der Waals surface area contributed by atoms with E-state index in [4.69, 9.17) is 0 Å². The van der Waals surface area contributed by atoms with Crippen LogP contribution in [0.1, 0.15) is 5.56 Å². The van der Waals surface area contributed by atoms with E-state index >= 15 is 0 Å². The van der Waals surface area contributed by atoms with E-state index in [2.05, 4.69) is 19.8 Å². The maximum absolute atomic E-state index is 13.1. The molecule has 0 bridgehead atoms. The predicted molar refractivity (Wildman–Crippen MR) is 80.7 cm³/mol. The number of benzene rings is 1. The Morgan fingerprint density at radius 2 is 1.68 bits per heavy atom. The lowest BCUT2D eigenvalue weighted by molar-refractivity contribution is 0.260. The van der Waals surface area contributed by atoms with Gasteiger partial charge in [-0.3, -0.25) is 4.90 Å². The summed E-state index contributed by atoms with van der Waals surface area (Å²) in [5.74, 6) is -0.0520. The van der Waals surface area contributed by atoms with Gasteiger partial charge in [0.2, 0.25) is 5.95 Å². The van der Waals surface area contributed by atoms with Crippen LogP contribution < -0.4 is 4.90 Å². The molecule has 1 aliphatic rings. The van der Waals surface area contributed by atoms with Crippen LogP contribution in [0, 0.1) is 11.8 Å². The van der Waals surface area contributed by atoms with Gasteiger partial charge in [-0.1, -0.05) is 12.1 Å². The summed E-state index contributed by atoms with van der Waals surface area (Å²) in [4.78, 5) is 12.0. The first-order chi connectivity index (χ1) is 10.7. The summed E-state index contributed by atoms with van der Waals surface area (Å²) < 4.78 is 26.0. The standard InChI is InChI=1S/C16H18F2N4/c17-14-3-1-13(2-4-14)5-6-21-7-9-22(10-8-21)16-11-15(18)19-12-20-16/h1-4,11-12H,5-10H2. The molecule has 1 aromatic heterocycles. The number of hydrogen-bond acceptors (Lipinski definition) is 4. The zero-order valence-corrected chi connectivity index (χ0v) is 12.3. The first kappa shape index (κ1) is 14.8. The average Bonchev–Trinajstić information content (AvgIpc) is 2.55. The number of anilines is 1. The Kier molecular flexibility index (Phi) is 4.58. The van der Waals surface area contributed by atoms with E-state index in [1.807, 2.05) is 12.1 Å². The molecular weight excluding hydrogens is 286 g/mol. The molecule has 2 heterocycles. The van der Waals surface area contributed by atoms with Crippen molar-refractivity contribution in [2.75, 3.05) is 37.6 Å². The van der Waals surface area contributed by atoms with E-state index in [1.54, 1.807) is 0 Å².